The Balaban J connectivity index is 1.30. The smallest absolute Gasteiger partial charge is 0.254 e. The molecule has 2 aromatic carbocycles. The third-order valence-electron chi connectivity index (χ3n) is 8.11. The second-order valence-corrected chi connectivity index (χ2v) is 10.6. The molecular weight excluding hydrogens is 422 g/mol. The number of rotatable bonds is 6. The fraction of sp³-hybridized carbons (Fsp3) is 0.429. The number of amides is 1. The van der Waals surface area contributed by atoms with Crippen LogP contribution in [-0.2, 0) is 20.0 Å². The Morgan fingerprint density at radius 2 is 1.91 bits per heavy atom. The lowest BCUT2D eigenvalue weighted by Crippen LogP contribution is -2.45. The summed E-state index contributed by atoms with van der Waals surface area (Å²) in [5, 5.41) is 1.25. The minimum Gasteiger partial charge on any atom is -0.338 e. The summed E-state index contributed by atoms with van der Waals surface area (Å²) < 4.78 is 4.65. The number of fused-ring (bicyclic) bond motifs is 3. The molecule has 6 nitrogen and oxygen atoms in total. The average molecular weight is 454 g/mol. The number of carbonyl (C=O) groups is 1. The molecule has 0 bridgehead atoms. The largest absolute Gasteiger partial charge is 0.338 e. The summed E-state index contributed by atoms with van der Waals surface area (Å²) in [4.78, 5) is 20.4. The van der Waals surface area contributed by atoms with Gasteiger partial charge in [0.1, 0.15) is 0 Å². The van der Waals surface area contributed by atoms with Crippen LogP contribution in [0.2, 0.25) is 0 Å². The first-order chi connectivity index (χ1) is 16.6. The van der Waals surface area contributed by atoms with Crippen molar-refractivity contribution in [3.8, 4) is 11.5 Å². The highest BCUT2D eigenvalue weighted by Gasteiger charge is 2.33. The lowest BCUT2D eigenvalue weighted by molar-refractivity contribution is 0.0726. The number of benzene rings is 2. The fourth-order valence-corrected chi connectivity index (χ4v) is 5.70. The number of nitrogens with two attached hydrogens (primary N) is 1. The third-order valence-corrected chi connectivity index (χ3v) is 8.11. The van der Waals surface area contributed by atoms with Crippen molar-refractivity contribution >= 4 is 27.8 Å². The molecule has 0 unspecified atom stereocenters. The van der Waals surface area contributed by atoms with E-state index in [1.807, 2.05) is 11.0 Å². The number of para-hydroxylation sites is 1. The van der Waals surface area contributed by atoms with Gasteiger partial charge in [-0.05, 0) is 73.8 Å². The van der Waals surface area contributed by atoms with Crippen molar-refractivity contribution in [2.75, 3.05) is 13.1 Å². The van der Waals surface area contributed by atoms with Crippen LogP contribution in [0.5, 0.6) is 0 Å². The molecule has 0 spiro atoms. The SMILES string of the molecule is Cn1c(-c2cc3ccccc3n2CC2CC2)nc2cc3c(cc21)CCN(C[C@H](N)C1CC1)C3=O. The van der Waals surface area contributed by atoms with Gasteiger partial charge in [0.15, 0.2) is 5.82 Å². The summed E-state index contributed by atoms with van der Waals surface area (Å²) in [6, 6.07) is 15.2. The van der Waals surface area contributed by atoms with Gasteiger partial charge in [-0.1, -0.05) is 18.2 Å². The Morgan fingerprint density at radius 1 is 1.09 bits per heavy atom. The van der Waals surface area contributed by atoms with Crippen molar-refractivity contribution in [1.29, 1.82) is 0 Å². The Kier molecular flexibility index (Phi) is 4.44. The van der Waals surface area contributed by atoms with Gasteiger partial charge in [-0.3, -0.25) is 4.79 Å². The number of aromatic nitrogens is 3. The normalized spacial score (nSPS) is 19.2. The first-order valence-electron chi connectivity index (χ1n) is 12.7. The molecular formula is C28H31N5O. The number of nitrogens with zero attached hydrogens (tertiary/aromatic N) is 4. The van der Waals surface area contributed by atoms with Gasteiger partial charge in [0, 0.05) is 49.2 Å². The maximum Gasteiger partial charge on any atom is 0.254 e. The molecule has 0 radical (unpaired) electrons. The summed E-state index contributed by atoms with van der Waals surface area (Å²) in [6.07, 6.45) is 5.90. The second kappa shape index (κ2) is 7.44. The van der Waals surface area contributed by atoms with Crippen LogP contribution in [0.25, 0.3) is 33.5 Å². The molecule has 3 heterocycles. The van der Waals surface area contributed by atoms with Gasteiger partial charge in [-0.15, -0.1) is 0 Å². The van der Waals surface area contributed by atoms with E-state index in [1.165, 1.54) is 36.6 Å². The first kappa shape index (κ1) is 20.3. The molecule has 0 saturated heterocycles. The molecule has 1 atom stereocenters. The molecule has 1 amide bonds. The summed E-state index contributed by atoms with van der Waals surface area (Å²) in [6.45, 7) is 2.45. The van der Waals surface area contributed by atoms with Crippen molar-refractivity contribution in [3.63, 3.8) is 0 Å². The number of imidazole rings is 1. The van der Waals surface area contributed by atoms with E-state index in [0.29, 0.717) is 12.5 Å². The summed E-state index contributed by atoms with van der Waals surface area (Å²) in [7, 11) is 2.10. The summed E-state index contributed by atoms with van der Waals surface area (Å²) >= 11 is 0. The Morgan fingerprint density at radius 3 is 2.71 bits per heavy atom. The Labute approximate surface area is 199 Å². The van der Waals surface area contributed by atoms with E-state index < -0.39 is 0 Å². The third kappa shape index (κ3) is 3.27. The fourth-order valence-electron chi connectivity index (χ4n) is 5.70. The van der Waals surface area contributed by atoms with Gasteiger partial charge in [0.05, 0.1) is 16.7 Å². The summed E-state index contributed by atoms with van der Waals surface area (Å²) in [5.41, 5.74) is 12.7. The zero-order chi connectivity index (χ0) is 23.0. The quantitative estimate of drug-likeness (QED) is 0.472. The van der Waals surface area contributed by atoms with Crippen LogP contribution in [0.3, 0.4) is 0 Å². The first-order valence-corrected chi connectivity index (χ1v) is 12.7. The number of carbonyl (C=O) groups excluding carboxylic acids is 1. The monoisotopic (exact) mass is 453 g/mol. The van der Waals surface area contributed by atoms with Gasteiger partial charge in [0.25, 0.3) is 5.91 Å². The highest BCUT2D eigenvalue weighted by atomic mass is 16.2. The highest BCUT2D eigenvalue weighted by molar-refractivity contribution is 6.00. The van der Waals surface area contributed by atoms with Crippen molar-refractivity contribution in [2.45, 2.75) is 44.7 Å². The number of hydrogen-bond donors (Lipinski definition) is 1. The predicted molar refractivity (Wildman–Crippen MR) is 135 cm³/mol. The van der Waals surface area contributed by atoms with E-state index in [0.717, 1.165) is 59.1 Å². The standard InChI is InChI=1S/C28H31N5O/c1-31-25-12-19-10-11-32(16-22(29)18-8-9-18)28(34)21(19)14-23(25)30-27(31)26-13-20-4-2-3-5-24(20)33(26)15-17-6-7-17/h2-5,12-14,17-18,22H,6-11,15-16,29H2,1H3/t22-/m0/s1. The van der Waals surface area contributed by atoms with Gasteiger partial charge in [0.2, 0.25) is 0 Å². The van der Waals surface area contributed by atoms with Gasteiger partial charge in [-0.25, -0.2) is 4.98 Å². The second-order valence-electron chi connectivity index (χ2n) is 10.6. The Bertz CT molecular complexity index is 1440. The molecule has 2 N–H and O–H groups in total. The van der Waals surface area contributed by atoms with Crippen molar-refractivity contribution < 1.29 is 4.79 Å². The molecule has 6 heteroatoms. The lowest BCUT2D eigenvalue weighted by atomic mass is 9.97. The molecule has 34 heavy (non-hydrogen) atoms. The zero-order valence-corrected chi connectivity index (χ0v) is 19.7. The minimum absolute atomic E-state index is 0.101. The van der Waals surface area contributed by atoms with Gasteiger partial charge in [-0.2, -0.15) is 0 Å². The van der Waals surface area contributed by atoms with Crippen LogP contribution >= 0.6 is 0 Å². The average Bonchev–Trinajstić information content (AvgIpc) is 3.77. The molecule has 4 aromatic rings. The summed E-state index contributed by atoms with van der Waals surface area (Å²) in [5.74, 6) is 2.43. The molecule has 2 aromatic heterocycles. The van der Waals surface area contributed by atoms with E-state index in [2.05, 4.69) is 52.6 Å². The topological polar surface area (TPSA) is 69.1 Å². The van der Waals surface area contributed by atoms with Gasteiger partial charge < -0.3 is 19.8 Å². The predicted octanol–water partition coefficient (Wildman–Crippen LogP) is 4.34. The van der Waals surface area contributed by atoms with Crippen LogP contribution in [-0.4, -0.2) is 44.1 Å². The lowest BCUT2D eigenvalue weighted by Gasteiger charge is -2.30. The zero-order valence-electron chi connectivity index (χ0n) is 19.7. The van der Waals surface area contributed by atoms with Crippen molar-refractivity contribution in [1.82, 2.24) is 19.0 Å². The van der Waals surface area contributed by atoms with E-state index in [4.69, 9.17) is 10.7 Å². The van der Waals surface area contributed by atoms with Gasteiger partial charge >= 0.3 is 0 Å². The molecule has 2 saturated carbocycles. The molecule has 2 aliphatic carbocycles. The number of hydrogen-bond acceptors (Lipinski definition) is 3. The van der Waals surface area contributed by atoms with Crippen LogP contribution in [0, 0.1) is 11.8 Å². The van der Waals surface area contributed by atoms with E-state index in [-0.39, 0.29) is 11.9 Å². The Hall–Kier alpha value is -3.12. The number of aryl methyl sites for hydroxylation is 1. The van der Waals surface area contributed by atoms with Crippen LogP contribution in [0.1, 0.15) is 41.6 Å². The van der Waals surface area contributed by atoms with E-state index >= 15 is 0 Å². The van der Waals surface area contributed by atoms with Crippen LogP contribution in [0.15, 0.2) is 42.5 Å². The van der Waals surface area contributed by atoms with Crippen LogP contribution < -0.4 is 5.73 Å². The van der Waals surface area contributed by atoms with E-state index in [9.17, 15) is 4.79 Å². The highest BCUT2D eigenvalue weighted by Crippen LogP contribution is 2.37. The maximum atomic E-state index is 13.3. The molecule has 1 aliphatic heterocycles. The maximum absolute atomic E-state index is 13.3. The van der Waals surface area contributed by atoms with Crippen molar-refractivity contribution in [2.24, 2.45) is 24.6 Å². The molecule has 3 aliphatic rings. The van der Waals surface area contributed by atoms with E-state index in [1.54, 1.807) is 0 Å². The molecule has 174 valence electrons. The minimum atomic E-state index is 0.101. The van der Waals surface area contributed by atoms with Crippen LogP contribution in [0.4, 0.5) is 0 Å². The molecule has 2 fully saturated rings. The molecule has 7 rings (SSSR count). The van der Waals surface area contributed by atoms with Crippen molar-refractivity contribution in [3.05, 3.63) is 53.6 Å².